The first-order chi connectivity index (χ1) is 8.43. The Morgan fingerprint density at radius 2 is 2.06 bits per heavy atom. The summed E-state index contributed by atoms with van der Waals surface area (Å²) in [6, 6.07) is 9.46. The lowest BCUT2D eigenvalue weighted by Gasteiger charge is -2.33. The SMILES string of the molecule is c1ccc2c(c1)CCNC2CN1CCSCC1. The number of hydrogen-bond donors (Lipinski definition) is 1. The molecule has 1 fully saturated rings. The Morgan fingerprint density at radius 3 is 2.94 bits per heavy atom. The summed E-state index contributed by atoms with van der Waals surface area (Å²) >= 11 is 2.08. The number of nitrogens with zero attached hydrogens (tertiary/aromatic N) is 1. The molecule has 1 atom stereocenters. The van der Waals surface area contributed by atoms with Crippen molar-refractivity contribution in [2.75, 3.05) is 37.7 Å². The Balaban J connectivity index is 1.71. The van der Waals surface area contributed by atoms with Gasteiger partial charge in [0.1, 0.15) is 0 Å². The summed E-state index contributed by atoms with van der Waals surface area (Å²) in [5.74, 6) is 2.60. The zero-order valence-electron chi connectivity index (χ0n) is 10.2. The monoisotopic (exact) mass is 248 g/mol. The molecule has 1 unspecified atom stereocenters. The van der Waals surface area contributed by atoms with Gasteiger partial charge in [0.25, 0.3) is 0 Å². The molecule has 2 heterocycles. The van der Waals surface area contributed by atoms with Crippen LogP contribution < -0.4 is 5.32 Å². The fourth-order valence-corrected chi connectivity index (χ4v) is 3.78. The predicted molar refractivity (Wildman–Crippen MR) is 74.7 cm³/mol. The van der Waals surface area contributed by atoms with Gasteiger partial charge in [-0.25, -0.2) is 0 Å². The molecule has 0 spiro atoms. The molecule has 1 saturated heterocycles. The maximum atomic E-state index is 3.67. The van der Waals surface area contributed by atoms with E-state index in [9.17, 15) is 0 Å². The van der Waals surface area contributed by atoms with Gasteiger partial charge >= 0.3 is 0 Å². The summed E-state index contributed by atoms with van der Waals surface area (Å²) in [6.07, 6.45) is 1.18. The Hall–Kier alpha value is -0.510. The first-order valence-corrected chi connectivity index (χ1v) is 7.70. The second-order valence-electron chi connectivity index (χ2n) is 4.87. The van der Waals surface area contributed by atoms with Crippen LogP contribution in [-0.2, 0) is 6.42 Å². The lowest BCUT2D eigenvalue weighted by molar-refractivity contribution is 0.261. The van der Waals surface area contributed by atoms with Crippen molar-refractivity contribution >= 4 is 11.8 Å². The van der Waals surface area contributed by atoms with Gasteiger partial charge in [-0.3, -0.25) is 4.90 Å². The molecule has 1 N–H and O–H groups in total. The van der Waals surface area contributed by atoms with E-state index >= 15 is 0 Å². The second kappa shape index (κ2) is 5.42. The summed E-state index contributed by atoms with van der Waals surface area (Å²) in [7, 11) is 0. The van der Waals surface area contributed by atoms with Gasteiger partial charge in [0.15, 0.2) is 0 Å². The average Bonchev–Trinajstić information content (AvgIpc) is 2.40. The highest BCUT2D eigenvalue weighted by molar-refractivity contribution is 7.99. The van der Waals surface area contributed by atoms with Crippen molar-refractivity contribution in [3.8, 4) is 0 Å². The Bertz CT molecular complexity index is 374. The minimum absolute atomic E-state index is 0.544. The van der Waals surface area contributed by atoms with Crippen molar-refractivity contribution in [3.05, 3.63) is 35.4 Å². The topological polar surface area (TPSA) is 15.3 Å². The highest BCUT2D eigenvalue weighted by atomic mass is 32.2. The van der Waals surface area contributed by atoms with Crippen LogP contribution in [0.5, 0.6) is 0 Å². The lowest BCUT2D eigenvalue weighted by atomic mass is 9.94. The molecular weight excluding hydrogens is 228 g/mol. The molecule has 0 bridgehead atoms. The fourth-order valence-electron chi connectivity index (χ4n) is 2.80. The van der Waals surface area contributed by atoms with Crippen molar-refractivity contribution in [2.45, 2.75) is 12.5 Å². The first kappa shape index (κ1) is 11.6. The van der Waals surface area contributed by atoms with Crippen molar-refractivity contribution in [3.63, 3.8) is 0 Å². The first-order valence-electron chi connectivity index (χ1n) is 6.55. The zero-order valence-corrected chi connectivity index (χ0v) is 11.0. The average molecular weight is 248 g/mol. The van der Waals surface area contributed by atoms with E-state index in [-0.39, 0.29) is 0 Å². The van der Waals surface area contributed by atoms with E-state index < -0.39 is 0 Å². The van der Waals surface area contributed by atoms with Crippen molar-refractivity contribution in [1.29, 1.82) is 0 Å². The summed E-state index contributed by atoms with van der Waals surface area (Å²) in [4.78, 5) is 2.61. The van der Waals surface area contributed by atoms with E-state index in [0.29, 0.717) is 6.04 Å². The molecule has 0 radical (unpaired) electrons. The van der Waals surface area contributed by atoms with Crippen LogP contribution in [0.2, 0.25) is 0 Å². The quantitative estimate of drug-likeness (QED) is 0.861. The lowest BCUT2D eigenvalue weighted by Crippen LogP contribution is -2.42. The second-order valence-corrected chi connectivity index (χ2v) is 6.09. The van der Waals surface area contributed by atoms with Crippen LogP contribution in [0.4, 0.5) is 0 Å². The van der Waals surface area contributed by atoms with E-state index in [1.165, 1.54) is 43.1 Å². The molecule has 2 aliphatic heterocycles. The molecule has 3 heteroatoms. The minimum Gasteiger partial charge on any atom is -0.309 e. The van der Waals surface area contributed by atoms with Gasteiger partial charge in [0, 0.05) is 37.2 Å². The Kier molecular flexibility index (Phi) is 3.69. The molecule has 1 aromatic carbocycles. The smallest absolute Gasteiger partial charge is 0.0452 e. The van der Waals surface area contributed by atoms with Crippen LogP contribution in [0.25, 0.3) is 0 Å². The van der Waals surface area contributed by atoms with Crippen LogP contribution in [0.1, 0.15) is 17.2 Å². The van der Waals surface area contributed by atoms with Crippen LogP contribution >= 0.6 is 11.8 Å². The molecule has 2 aliphatic rings. The summed E-state index contributed by atoms with van der Waals surface area (Å²) < 4.78 is 0. The molecule has 2 nitrogen and oxygen atoms in total. The van der Waals surface area contributed by atoms with Gasteiger partial charge in [-0.05, 0) is 24.1 Å². The van der Waals surface area contributed by atoms with E-state index in [1.807, 2.05) is 0 Å². The minimum atomic E-state index is 0.544. The van der Waals surface area contributed by atoms with E-state index in [2.05, 4.69) is 46.2 Å². The van der Waals surface area contributed by atoms with Crippen LogP contribution in [-0.4, -0.2) is 42.6 Å². The highest BCUT2D eigenvalue weighted by Gasteiger charge is 2.22. The molecule has 17 heavy (non-hydrogen) atoms. The molecule has 3 rings (SSSR count). The van der Waals surface area contributed by atoms with E-state index in [0.717, 1.165) is 6.54 Å². The van der Waals surface area contributed by atoms with Crippen molar-refractivity contribution < 1.29 is 0 Å². The van der Waals surface area contributed by atoms with E-state index in [1.54, 1.807) is 5.56 Å². The van der Waals surface area contributed by atoms with Gasteiger partial charge in [0.05, 0.1) is 0 Å². The van der Waals surface area contributed by atoms with Crippen molar-refractivity contribution in [2.24, 2.45) is 0 Å². The number of hydrogen-bond acceptors (Lipinski definition) is 3. The third-order valence-corrected chi connectivity index (χ3v) is 4.70. The van der Waals surface area contributed by atoms with E-state index in [4.69, 9.17) is 0 Å². The molecule has 92 valence electrons. The molecule has 1 aromatic rings. The summed E-state index contributed by atoms with van der Waals surface area (Å²) in [5.41, 5.74) is 3.07. The largest absolute Gasteiger partial charge is 0.309 e. The van der Waals surface area contributed by atoms with Crippen LogP contribution in [0.3, 0.4) is 0 Å². The van der Waals surface area contributed by atoms with Gasteiger partial charge in [-0.2, -0.15) is 11.8 Å². The molecule has 0 saturated carbocycles. The Morgan fingerprint density at radius 1 is 1.24 bits per heavy atom. The van der Waals surface area contributed by atoms with Crippen molar-refractivity contribution in [1.82, 2.24) is 10.2 Å². The molecule has 0 aliphatic carbocycles. The zero-order chi connectivity index (χ0) is 11.5. The van der Waals surface area contributed by atoms with Crippen LogP contribution in [0.15, 0.2) is 24.3 Å². The predicted octanol–water partition coefficient (Wildman–Crippen LogP) is 1.92. The molecule has 0 aromatic heterocycles. The number of fused-ring (bicyclic) bond motifs is 1. The molecular formula is C14H20N2S. The number of rotatable bonds is 2. The van der Waals surface area contributed by atoms with Gasteiger partial charge < -0.3 is 5.32 Å². The fraction of sp³-hybridized carbons (Fsp3) is 0.571. The Labute approximate surface area is 108 Å². The maximum Gasteiger partial charge on any atom is 0.0452 e. The summed E-state index contributed by atoms with van der Waals surface area (Å²) in [5, 5.41) is 3.67. The van der Waals surface area contributed by atoms with Gasteiger partial charge in [-0.1, -0.05) is 24.3 Å². The number of thioether (sulfide) groups is 1. The standard InChI is InChI=1S/C14H20N2S/c1-2-4-13-12(3-1)5-6-15-14(13)11-16-7-9-17-10-8-16/h1-4,14-15H,5-11H2. The number of nitrogens with one attached hydrogen (secondary N) is 1. The normalized spacial score (nSPS) is 25.5. The molecule has 0 amide bonds. The number of benzene rings is 1. The summed E-state index contributed by atoms with van der Waals surface area (Å²) in [6.45, 7) is 4.82. The third kappa shape index (κ3) is 2.67. The van der Waals surface area contributed by atoms with Crippen LogP contribution in [0, 0.1) is 0 Å². The highest BCUT2D eigenvalue weighted by Crippen LogP contribution is 2.24. The van der Waals surface area contributed by atoms with Gasteiger partial charge in [0.2, 0.25) is 0 Å². The van der Waals surface area contributed by atoms with Gasteiger partial charge in [-0.15, -0.1) is 0 Å². The maximum absolute atomic E-state index is 3.67. The third-order valence-electron chi connectivity index (χ3n) is 3.76.